The van der Waals surface area contributed by atoms with Crippen LogP contribution in [0.4, 0.5) is 0 Å². The molecule has 0 radical (unpaired) electrons. The van der Waals surface area contributed by atoms with E-state index in [2.05, 4.69) is 36.9 Å². The van der Waals surface area contributed by atoms with E-state index in [1.807, 2.05) is 36.4 Å². The van der Waals surface area contributed by atoms with E-state index in [-0.39, 0.29) is 21.0 Å². The summed E-state index contributed by atoms with van der Waals surface area (Å²) in [5.41, 5.74) is 4.04. The number of aliphatic hydroxyl groups excluding tert-OH is 1. The number of hydrogen-bond donors (Lipinski definition) is 1. The molecule has 1 aliphatic carbocycles. The van der Waals surface area contributed by atoms with Crippen LogP contribution in [0.15, 0.2) is 84.5 Å². The minimum Gasteiger partial charge on any atom is -0.396 e. The fraction of sp³-hybridized carbons (Fsp3) is 0.273. The largest absolute Gasteiger partial charge is 0.396 e. The smallest absolute Gasteiger partial charge is 0.192 e. The molecule has 0 saturated heterocycles. The van der Waals surface area contributed by atoms with Crippen LogP contribution >= 0.6 is 8.46 Å². The van der Waals surface area contributed by atoms with Gasteiger partial charge in [-0.1, -0.05) is 72.3 Å². The maximum Gasteiger partial charge on any atom is 0.192 e. The van der Waals surface area contributed by atoms with Crippen LogP contribution < -0.4 is 5.30 Å². The average molecular weight is 352 g/mol. The summed E-state index contributed by atoms with van der Waals surface area (Å²) in [6.07, 6.45) is 6.46. The van der Waals surface area contributed by atoms with Crippen molar-refractivity contribution in [2.75, 3.05) is 6.61 Å². The van der Waals surface area contributed by atoms with E-state index in [1.165, 1.54) is 16.7 Å². The molecule has 0 spiro atoms. The van der Waals surface area contributed by atoms with Crippen molar-refractivity contribution in [2.45, 2.75) is 25.7 Å². The van der Waals surface area contributed by atoms with Crippen LogP contribution in [0.3, 0.4) is 0 Å². The van der Waals surface area contributed by atoms with E-state index in [0.29, 0.717) is 0 Å². The lowest BCUT2D eigenvalue weighted by molar-refractivity contribution is 0.237. The Hall–Kier alpha value is -2.02. The summed E-state index contributed by atoms with van der Waals surface area (Å²) < 4.78 is 10.1. The highest BCUT2D eigenvalue weighted by molar-refractivity contribution is 7.34. The standard InChI is InChI=1S/C16H20O.C6H5OP/c1-13-7-8-15(11-16(13)12-17)10-9-14-5-3-2-4-6-14;7-8-6-4-2-1-3-5-6/h2-6,10,16-17H,1,7-9,11-12H2;1-5H/b15-10+;/t16-;/m0./s1. The predicted molar refractivity (Wildman–Crippen MR) is 105 cm³/mol. The van der Waals surface area contributed by atoms with Crippen molar-refractivity contribution in [1.82, 2.24) is 0 Å². The first-order chi connectivity index (χ1) is 12.2. The van der Waals surface area contributed by atoms with Crippen molar-refractivity contribution in [2.24, 2.45) is 5.92 Å². The van der Waals surface area contributed by atoms with Gasteiger partial charge in [0.05, 0.1) is 0 Å². The zero-order valence-electron chi connectivity index (χ0n) is 14.5. The highest BCUT2D eigenvalue weighted by atomic mass is 31.1. The molecule has 0 amide bonds. The van der Waals surface area contributed by atoms with E-state index < -0.39 is 0 Å². The van der Waals surface area contributed by atoms with Crippen LogP contribution in [0.25, 0.3) is 0 Å². The second-order valence-electron chi connectivity index (χ2n) is 6.22. The molecule has 3 rings (SSSR count). The van der Waals surface area contributed by atoms with Crippen LogP contribution in [0, 0.1) is 5.92 Å². The first-order valence-corrected chi connectivity index (χ1v) is 9.43. The van der Waals surface area contributed by atoms with Gasteiger partial charge in [0, 0.05) is 17.8 Å². The first-order valence-electron chi connectivity index (χ1n) is 8.61. The van der Waals surface area contributed by atoms with Gasteiger partial charge in [-0.2, -0.15) is 0 Å². The third-order valence-corrected chi connectivity index (χ3v) is 4.91. The Morgan fingerprint density at radius 2 is 1.68 bits per heavy atom. The molecule has 1 aliphatic rings. The van der Waals surface area contributed by atoms with Crippen molar-refractivity contribution in [3.05, 3.63) is 90.0 Å². The Labute approximate surface area is 152 Å². The molecule has 2 aromatic carbocycles. The number of benzene rings is 2. The SMILES string of the molecule is C=C1CC/C(=C\Cc2ccccc2)C[C@H]1CO.O=Pc1ccccc1. The summed E-state index contributed by atoms with van der Waals surface area (Å²) >= 11 is 0. The summed E-state index contributed by atoms with van der Waals surface area (Å²) in [5, 5.41) is 10.1. The molecule has 1 atom stereocenters. The van der Waals surface area contributed by atoms with Crippen molar-refractivity contribution in [1.29, 1.82) is 0 Å². The summed E-state index contributed by atoms with van der Waals surface area (Å²) in [6.45, 7) is 4.27. The van der Waals surface area contributed by atoms with Crippen molar-refractivity contribution in [3.8, 4) is 0 Å². The van der Waals surface area contributed by atoms with Gasteiger partial charge < -0.3 is 5.11 Å². The van der Waals surface area contributed by atoms with Crippen molar-refractivity contribution < 1.29 is 9.67 Å². The van der Waals surface area contributed by atoms with E-state index in [1.54, 1.807) is 0 Å². The highest BCUT2D eigenvalue weighted by Gasteiger charge is 2.19. The molecule has 1 saturated carbocycles. The lowest BCUT2D eigenvalue weighted by Crippen LogP contribution is -2.15. The van der Waals surface area contributed by atoms with Gasteiger partial charge >= 0.3 is 0 Å². The van der Waals surface area contributed by atoms with Gasteiger partial charge in [0.15, 0.2) is 8.46 Å². The Morgan fingerprint density at radius 3 is 2.24 bits per heavy atom. The Bertz CT molecular complexity index is 692. The van der Waals surface area contributed by atoms with Crippen LogP contribution in [0.5, 0.6) is 0 Å². The van der Waals surface area contributed by atoms with E-state index >= 15 is 0 Å². The zero-order chi connectivity index (χ0) is 17.9. The van der Waals surface area contributed by atoms with E-state index in [4.69, 9.17) is 0 Å². The van der Waals surface area contributed by atoms with Crippen LogP contribution in [0.2, 0.25) is 0 Å². The molecule has 2 aromatic rings. The summed E-state index contributed by atoms with van der Waals surface area (Å²) in [6, 6.07) is 19.8. The number of hydrogen-bond acceptors (Lipinski definition) is 2. The van der Waals surface area contributed by atoms with Crippen LogP contribution in [-0.2, 0) is 11.0 Å². The second-order valence-corrected chi connectivity index (χ2v) is 6.92. The quantitative estimate of drug-likeness (QED) is 0.613. The van der Waals surface area contributed by atoms with Gasteiger partial charge in [0.2, 0.25) is 0 Å². The van der Waals surface area contributed by atoms with Gasteiger partial charge in [-0.25, -0.2) is 0 Å². The van der Waals surface area contributed by atoms with Crippen LogP contribution in [-0.4, -0.2) is 11.7 Å². The van der Waals surface area contributed by atoms with Crippen LogP contribution in [0.1, 0.15) is 24.8 Å². The third-order valence-electron chi connectivity index (χ3n) is 4.40. The Morgan fingerprint density at radius 1 is 1.04 bits per heavy atom. The molecule has 0 aliphatic heterocycles. The highest BCUT2D eigenvalue weighted by Crippen LogP contribution is 2.31. The molecular weight excluding hydrogens is 327 g/mol. The maximum absolute atomic E-state index is 10.1. The minimum absolute atomic E-state index is 0.0994. The molecule has 1 fully saturated rings. The first kappa shape index (κ1) is 19.3. The molecule has 0 unspecified atom stereocenters. The maximum atomic E-state index is 10.1. The van der Waals surface area contributed by atoms with Crippen molar-refractivity contribution >= 4 is 13.8 Å². The monoisotopic (exact) mass is 352 g/mol. The number of aliphatic hydroxyl groups is 1. The molecule has 0 bridgehead atoms. The number of allylic oxidation sites excluding steroid dienone is 2. The molecule has 0 heterocycles. The number of rotatable bonds is 4. The minimum atomic E-state index is 0.0994. The van der Waals surface area contributed by atoms with Gasteiger partial charge in [0.25, 0.3) is 0 Å². The predicted octanol–water partition coefficient (Wildman–Crippen LogP) is 5.11. The molecule has 2 nitrogen and oxygen atoms in total. The second kappa shape index (κ2) is 10.8. The molecule has 3 heteroatoms. The molecular formula is C22H25O2P. The third kappa shape index (κ3) is 6.78. The molecule has 0 aromatic heterocycles. The normalized spacial score (nSPS) is 18.7. The van der Waals surface area contributed by atoms with E-state index in [9.17, 15) is 9.67 Å². The summed E-state index contributed by atoms with van der Waals surface area (Å²) in [7, 11) is 0.0994. The van der Waals surface area contributed by atoms with Gasteiger partial charge in [-0.05, 0) is 43.4 Å². The molecule has 25 heavy (non-hydrogen) atoms. The molecule has 130 valence electrons. The lowest BCUT2D eigenvalue weighted by Gasteiger charge is -2.25. The topological polar surface area (TPSA) is 37.3 Å². The lowest BCUT2D eigenvalue weighted by atomic mass is 9.82. The van der Waals surface area contributed by atoms with Gasteiger partial charge in [-0.15, -0.1) is 0 Å². The summed E-state index contributed by atoms with van der Waals surface area (Å²) in [4.78, 5) is 0. The van der Waals surface area contributed by atoms with Gasteiger partial charge in [-0.3, -0.25) is 4.57 Å². The Balaban J connectivity index is 0.000000236. The fourth-order valence-corrected chi connectivity index (χ4v) is 3.13. The fourth-order valence-electron chi connectivity index (χ4n) is 2.83. The summed E-state index contributed by atoms with van der Waals surface area (Å²) in [5.74, 6) is 0.283. The van der Waals surface area contributed by atoms with Crippen molar-refractivity contribution in [3.63, 3.8) is 0 Å². The van der Waals surface area contributed by atoms with Gasteiger partial charge in [0.1, 0.15) is 0 Å². The molecule has 1 N–H and O–H groups in total. The average Bonchev–Trinajstić information content (AvgIpc) is 2.69. The zero-order valence-corrected chi connectivity index (χ0v) is 15.4. The Kier molecular flexibility index (Phi) is 8.31. The van der Waals surface area contributed by atoms with E-state index in [0.717, 1.165) is 31.0 Å².